The first kappa shape index (κ1) is 13.4. The van der Waals surface area contributed by atoms with Crippen molar-refractivity contribution < 1.29 is 14.3 Å². The van der Waals surface area contributed by atoms with Gasteiger partial charge in [0.25, 0.3) is 0 Å². The average molecular weight is 262 g/mol. The largest absolute Gasteiger partial charge is 0.452 e. The third kappa shape index (κ3) is 3.24. The zero-order chi connectivity index (χ0) is 13.7. The van der Waals surface area contributed by atoms with Crippen molar-refractivity contribution in [1.29, 1.82) is 0 Å². The van der Waals surface area contributed by atoms with Gasteiger partial charge in [0.15, 0.2) is 0 Å². The first-order valence-electron chi connectivity index (χ1n) is 6.42. The molecule has 5 heteroatoms. The molecule has 1 heterocycles. The molecule has 102 valence electrons. The molecule has 0 atom stereocenters. The highest BCUT2D eigenvalue weighted by molar-refractivity contribution is 5.79. The van der Waals surface area contributed by atoms with Crippen molar-refractivity contribution in [3.05, 3.63) is 35.9 Å². The molecule has 2 amide bonds. The molecule has 0 bridgehead atoms. The molecule has 1 aliphatic rings. The fraction of sp³-hybridized carbons (Fsp3) is 0.429. The van der Waals surface area contributed by atoms with E-state index in [2.05, 4.69) is 0 Å². The lowest BCUT2D eigenvalue weighted by molar-refractivity contribution is -0.150. The zero-order valence-corrected chi connectivity index (χ0v) is 11.0. The Bertz CT molecular complexity index is 447. The topological polar surface area (TPSA) is 49.9 Å². The number of benzene rings is 1. The molecular weight excluding hydrogens is 244 g/mol. The minimum absolute atomic E-state index is 0.0208. The molecule has 5 nitrogen and oxygen atoms in total. The van der Waals surface area contributed by atoms with Crippen molar-refractivity contribution in [3.8, 4) is 0 Å². The van der Waals surface area contributed by atoms with Crippen molar-refractivity contribution >= 4 is 12.0 Å². The highest BCUT2D eigenvalue weighted by atomic mass is 16.5. The Balaban J connectivity index is 2.16. The molecule has 0 aromatic heterocycles. The number of carbonyl (C=O) groups is 2. The van der Waals surface area contributed by atoms with E-state index < -0.39 is 6.09 Å². The summed E-state index contributed by atoms with van der Waals surface area (Å²) in [6.07, 6.45) is 1.78. The number of piperidine rings is 1. The predicted octanol–water partition coefficient (Wildman–Crippen LogP) is 2.18. The van der Waals surface area contributed by atoms with Crippen molar-refractivity contribution in [2.24, 2.45) is 0 Å². The van der Waals surface area contributed by atoms with E-state index in [1.165, 1.54) is 17.1 Å². The Morgan fingerprint density at radius 1 is 1.32 bits per heavy atom. The second kappa shape index (κ2) is 6.22. The zero-order valence-electron chi connectivity index (χ0n) is 11.0. The van der Waals surface area contributed by atoms with Crippen LogP contribution in [0.4, 0.5) is 4.79 Å². The summed E-state index contributed by atoms with van der Waals surface area (Å²) in [6.45, 7) is 0.917. The molecule has 1 saturated heterocycles. The summed E-state index contributed by atoms with van der Waals surface area (Å²) < 4.78 is 4.78. The molecule has 0 saturated carbocycles. The number of amides is 2. The number of hydrogen-bond donors (Lipinski definition) is 0. The molecule has 0 aliphatic carbocycles. The number of ether oxygens (including phenoxy) is 1. The SMILES string of the molecule is COC(=O)N(Cc1ccccc1)N1CCCCC1=O. The summed E-state index contributed by atoms with van der Waals surface area (Å²) in [5.74, 6) is -0.0208. The Morgan fingerprint density at radius 2 is 2.05 bits per heavy atom. The van der Waals surface area contributed by atoms with Crippen molar-refractivity contribution in [3.63, 3.8) is 0 Å². The van der Waals surface area contributed by atoms with E-state index in [4.69, 9.17) is 4.74 Å². The maximum atomic E-state index is 11.9. The number of hydrazine groups is 1. The van der Waals surface area contributed by atoms with Crippen LogP contribution in [-0.4, -0.2) is 35.7 Å². The lowest BCUT2D eigenvalue weighted by Crippen LogP contribution is -2.51. The van der Waals surface area contributed by atoms with Gasteiger partial charge in [0.2, 0.25) is 5.91 Å². The number of rotatable bonds is 3. The van der Waals surface area contributed by atoms with Crippen LogP contribution in [0.5, 0.6) is 0 Å². The van der Waals surface area contributed by atoms with Gasteiger partial charge in [-0.05, 0) is 18.4 Å². The molecule has 0 unspecified atom stereocenters. The molecule has 1 fully saturated rings. The van der Waals surface area contributed by atoms with E-state index in [0.29, 0.717) is 19.5 Å². The van der Waals surface area contributed by atoms with E-state index in [9.17, 15) is 9.59 Å². The van der Waals surface area contributed by atoms with E-state index in [0.717, 1.165) is 18.4 Å². The van der Waals surface area contributed by atoms with Crippen LogP contribution in [0.2, 0.25) is 0 Å². The van der Waals surface area contributed by atoms with E-state index >= 15 is 0 Å². The second-order valence-corrected chi connectivity index (χ2v) is 4.49. The van der Waals surface area contributed by atoms with Crippen LogP contribution in [-0.2, 0) is 16.1 Å². The maximum absolute atomic E-state index is 11.9. The number of nitrogens with zero attached hydrogens (tertiary/aromatic N) is 2. The quantitative estimate of drug-likeness (QED) is 0.839. The van der Waals surface area contributed by atoms with Crippen LogP contribution in [0.15, 0.2) is 30.3 Å². The maximum Gasteiger partial charge on any atom is 0.428 e. The van der Waals surface area contributed by atoms with Crippen LogP contribution in [0.25, 0.3) is 0 Å². The van der Waals surface area contributed by atoms with Crippen molar-refractivity contribution in [2.75, 3.05) is 13.7 Å². The molecule has 1 aromatic rings. The van der Waals surface area contributed by atoms with E-state index in [1.807, 2.05) is 30.3 Å². The summed E-state index contributed by atoms with van der Waals surface area (Å²) in [5, 5.41) is 2.89. The van der Waals surface area contributed by atoms with Gasteiger partial charge in [-0.1, -0.05) is 30.3 Å². The van der Waals surface area contributed by atoms with Gasteiger partial charge in [-0.3, -0.25) is 4.79 Å². The summed E-state index contributed by atoms with van der Waals surface area (Å²) >= 11 is 0. The fourth-order valence-electron chi connectivity index (χ4n) is 2.16. The summed E-state index contributed by atoms with van der Waals surface area (Å²) in [6, 6.07) is 9.57. The Kier molecular flexibility index (Phi) is 4.39. The van der Waals surface area contributed by atoms with Crippen molar-refractivity contribution in [2.45, 2.75) is 25.8 Å². The van der Waals surface area contributed by atoms with Gasteiger partial charge in [-0.15, -0.1) is 0 Å². The molecule has 0 N–H and O–H groups in total. The molecular formula is C14H18N2O3. The van der Waals surface area contributed by atoms with Crippen LogP contribution < -0.4 is 0 Å². The average Bonchev–Trinajstić information content (AvgIpc) is 2.46. The Hall–Kier alpha value is -2.04. The fourth-order valence-corrected chi connectivity index (χ4v) is 2.16. The van der Waals surface area contributed by atoms with Gasteiger partial charge in [-0.2, -0.15) is 0 Å². The lowest BCUT2D eigenvalue weighted by Gasteiger charge is -2.36. The number of carbonyl (C=O) groups excluding carboxylic acids is 2. The Morgan fingerprint density at radius 3 is 2.68 bits per heavy atom. The van der Waals surface area contributed by atoms with E-state index in [-0.39, 0.29) is 5.91 Å². The third-order valence-corrected chi connectivity index (χ3v) is 3.15. The van der Waals surface area contributed by atoms with Gasteiger partial charge in [0, 0.05) is 13.0 Å². The number of methoxy groups -OCH3 is 1. The first-order valence-corrected chi connectivity index (χ1v) is 6.42. The van der Waals surface area contributed by atoms with Gasteiger partial charge in [0.05, 0.1) is 13.7 Å². The summed E-state index contributed by atoms with van der Waals surface area (Å²) in [7, 11) is 1.33. The van der Waals surface area contributed by atoms with Crippen LogP contribution >= 0.6 is 0 Å². The molecule has 2 rings (SSSR count). The van der Waals surface area contributed by atoms with Gasteiger partial charge >= 0.3 is 6.09 Å². The van der Waals surface area contributed by atoms with Crippen LogP contribution in [0.3, 0.4) is 0 Å². The second-order valence-electron chi connectivity index (χ2n) is 4.49. The molecule has 1 aliphatic heterocycles. The highest BCUT2D eigenvalue weighted by Gasteiger charge is 2.28. The standard InChI is InChI=1S/C14H18N2O3/c1-19-14(18)16(11-12-7-3-2-4-8-12)15-10-6-5-9-13(15)17/h2-4,7-8H,5-6,9-11H2,1H3. The van der Waals surface area contributed by atoms with Gasteiger partial charge in [0.1, 0.15) is 0 Å². The minimum Gasteiger partial charge on any atom is -0.452 e. The smallest absolute Gasteiger partial charge is 0.428 e. The monoisotopic (exact) mass is 262 g/mol. The molecule has 19 heavy (non-hydrogen) atoms. The summed E-state index contributed by atoms with van der Waals surface area (Å²) in [5.41, 5.74) is 0.964. The number of hydrogen-bond acceptors (Lipinski definition) is 3. The van der Waals surface area contributed by atoms with Gasteiger partial charge in [-0.25, -0.2) is 14.8 Å². The Labute approximate surface area is 112 Å². The summed E-state index contributed by atoms with van der Waals surface area (Å²) in [4.78, 5) is 23.8. The molecule has 1 aromatic carbocycles. The highest BCUT2D eigenvalue weighted by Crippen LogP contribution is 2.16. The van der Waals surface area contributed by atoms with Crippen molar-refractivity contribution in [1.82, 2.24) is 10.0 Å². The van der Waals surface area contributed by atoms with Crippen LogP contribution in [0.1, 0.15) is 24.8 Å². The van der Waals surface area contributed by atoms with Gasteiger partial charge < -0.3 is 4.74 Å². The van der Waals surface area contributed by atoms with Crippen LogP contribution in [0, 0.1) is 0 Å². The molecule has 0 radical (unpaired) electrons. The van der Waals surface area contributed by atoms with E-state index in [1.54, 1.807) is 0 Å². The molecule has 0 spiro atoms. The predicted molar refractivity (Wildman–Crippen MR) is 70.0 cm³/mol. The lowest BCUT2D eigenvalue weighted by atomic mass is 10.1. The minimum atomic E-state index is -0.501. The third-order valence-electron chi connectivity index (χ3n) is 3.15. The normalized spacial score (nSPS) is 15.2. The first-order chi connectivity index (χ1) is 9.22.